The highest BCUT2D eigenvalue weighted by Crippen LogP contribution is 2.10. The SMILES string of the molecule is CCOC(=O)c1cc(N)n[nH]1.O=CC1CCOCC1. The van der Waals surface area contributed by atoms with Crippen LogP contribution in [0, 0.1) is 5.92 Å². The highest BCUT2D eigenvalue weighted by Gasteiger charge is 2.11. The minimum absolute atomic E-state index is 0.281. The van der Waals surface area contributed by atoms with Crippen LogP contribution in [-0.2, 0) is 14.3 Å². The van der Waals surface area contributed by atoms with Gasteiger partial charge in [0.2, 0.25) is 0 Å². The van der Waals surface area contributed by atoms with Crippen LogP contribution in [-0.4, -0.2) is 42.3 Å². The average Bonchev–Trinajstić information content (AvgIpc) is 2.87. The van der Waals surface area contributed by atoms with Gasteiger partial charge in [-0.05, 0) is 19.8 Å². The molecule has 0 bridgehead atoms. The number of nitrogens with zero attached hydrogens (tertiary/aromatic N) is 1. The number of rotatable bonds is 3. The summed E-state index contributed by atoms with van der Waals surface area (Å²) in [7, 11) is 0. The Morgan fingerprint density at radius 2 is 2.32 bits per heavy atom. The molecule has 0 saturated carbocycles. The Labute approximate surface area is 111 Å². The molecule has 1 aromatic rings. The van der Waals surface area contributed by atoms with Gasteiger partial charge >= 0.3 is 5.97 Å². The Kier molecular flexibility index (Phi) is 6.59. The van der Waals surface area contributed by atoms with Crippen LogP contribution in [0.25, 0.3) is 0 Å². The second kappa shape index (κ2) is 8.25. The number of hydrogen-bond acceptors (Lipinski definition) is 6. The number of aldehydes is 1. The van der Waals surface area contributed by atoms with Gasteiger partial charge in [0.25, 0.3) is 0 Å². The van der Waals surface area contributed by atoms with Crippen LogP contribution < -0.4 is 5.73 Å². The fourth-order valence-electron chi connectivity index (χ4n) is 1.50. The van der Waals surface area contributed by atoms with E-state index in [9.17, 15) is 9.59 Å². The predicted octanol–water partition coefficient (Wildman–Crippen LogP) is 0.780. The molecule has 1 aliphatic rings. The minimum atomic E-state index is -0.434. The summed E-state index contributed by atoms with van der Waals surface area (Å²) in [6, 6.07) is 1.43. The molecule has 0 radical (unpaired) electrons. The van der Waals surface area contributed by atoms with Crippen molar-refractivity contribution in [3.8, 4) is 0 Å². The standard InChI is InChI=1S/C6H9N3O2.C6H10O2/c1-2-11-6(10)4-3-5(7)9-8-4;7-5-6-1-3-8-4-2-6/h3H,2H2,1H3,(H3,7,8,9);5-6H,1-4H2. The number of ether oxygens (including phenoxy) is 2. The predicted molar refractivity (Wildman–Crippen MR) is 68.6 cm³/mol. The molecule has 0 aromatic carbocycles. The molecule has 1 fully saturated rings. The Hall–Kier alpha value is -1.89. The molecule has 2 rings (SSSR count). The second-order valence-electron chi connectivity index (χ2n) is 4.01. The number of esters is 1. The first-order chi connectivity index (χ1) is 9.17. The van der Waals surface area contributed by atoms with E-state index in [1.54, 1.807) is 6.92 Å². The first-order valence-corrected chi connectivity index (χ1v) is 6.18. The smallest absolute Gasteiger partial charge is 0.356 e. The summed E-state index contributed by atoms with van der Waals surface area (Å²) in [6.45, 7) is 3.61. The van der Waals surface area contributed by atoms with E-state index in [2.05, 4.69) is 14.9 Å². The molecule has 0 spiro atoms. The van der Waals surface area contributed by atoms with Gasteiger partial charge in [-0.15, -0.1) is 0 Å². The van der Waals surface area contributed by atoms with Gasteiger partial charge in [-0.1, -0.05) is 0 Å². The molecule has 0 amide bonds. The molecule has 0 unspecified atom stereocenters. The third-order valence-electron chi connectivity index (χ3n) is 2.55. The Morgan fingerprint density at radius 1 is 1.63 bits per heavy atom. The Balaban J connectivity index is 0.000000200. The number of hydrogen-bond donors (Lipinski definition) is 2. The highest BCUT2D eigenvalue weighted by atomic mass is 16.5. The zero-order chi connectivity index (χ0) is 14.1. The number of H-pyrrole nitrogens is 1. The normalized spacial score (nSPS) is 15.2. The summed E-state index contributed by atoms with van der Waals surface area (Å²) in [4.78, 5) is 21.0. The molecule has 1 aromatic heterocycles. The van der Waals surface area contributed by atoms with Crippen LogP contribution in [0.4, 0.5) is 5.82 Å². The van der Waals surface area contributed by atoms with Gasteiger partial charge in [-0.3, -0.25) is 5.10 Å². The van der Waals surface area contributed by atoms with Crippen LogP contribution in [0.3, 0.4) is 0 Å². The lowest BCUT2D eigenvalue weighted by molar-refractivity contribution is -0.113. The summed E-state index contributed by atoms with van der Waals surface area (Å²) in [5.74, 6) is 0.133. The molecular weight excluding hydrogens is 250 g/mol. The van der Waals surface area contributed by atoms with Crippen LogP contribution in [0.1, 0.15) is 30.3 Å². The molecule has 7 heteroatoms. The number of nitrogens with one attached hydrogen (secondary N) is 1. The minimum Gasteiger partial charge on any atom is -0.461 e. The van der Waals surface area contributed by atoms with Crippen molar-refractivity contribution < 1.29 is 19.1 Å². The summed E-state index contributed by atoms with van der Waals surface area (Å²) in [5.41, 5.74) is 5.54. The largest absolute Gasteiger partial charge is 0.461 e. The Morgan fingerprint density at radius 3 is 2.74 bits per heavy atom. The molecule has 2 heterocycles. The van der Waals surface area contributed by atoms with Crippen molar-refractivity contribution in [2.45, 2.75) is 19.8 Å². The maximum atomic E-state index is 10.9. The van der Waals surface area contributed by atoms with E-state index in [1.807, 2.05) is 0 Å². The van der Waals surface area contributed by atoms with Gasteiger partial charge in [-0.2, -0.15) is 5.10 Å². The lowest BCUT2D eigenvalue weighted by atomic mass is 10.0. The van der Waals surface area contributed by atoms with E-state index in [4.69, 9.17) is 10.5 Å². The number of carbonyl (C=O) groups excluding carboxylic acids is 2. The average molecular weight is 269 g/mol. The van der Waals surface area contributed by atoms with Crippen LogP contribution in [0.5, 0.6) is 0 Å². The number of carbonyl (C=O) groups is 2. The van der Waals surface area contributed by atoms with Gasteiger partial charge in [0.05, 0.1) is 6.61 Å². The zero-order valence-electron chi connectivity index (χ0n) is 10.9. The molecule has 0 aliphatic carbocycles. The number of nitrogens with two attached hydrogens (primary N) is 1. The van der Waals surface area contributed by atoms with Crippen LogP contribution in [0.15, 0.2) is 6.07 Å². The lowest BCUT2D eigenvalue weighted by Crippen LogP contribution is -2.16. The van der Waals surface area contributed by atoms with Gasteiger partial charge in [0, 0.05) is 25.2 Å². The summed E-state index contributed by atoms with van der Waals surface area (Å²) in [5, 5.41) is 6.01. The van der Waals surface area contributed by atoms with E-state index < -0.39 is 5.97 Å². The first-order valence-electron chi connectivity index (χ1n) is 6.18. The van der Waals surface area contributed by atoms with Crippen molar-refractivity contribution in [3.63, 3.8) is 0 Å². The van der Waals surface area contributed by atoms with Crippen molar-refractivity contribution in [1.82, 2.24) is 10.2 Å². The topological polar surface area (TPSA) is 107 Å². The molecule has 7 nitrogen and oxygen atoms in total. The Bertz CT molecular complexity index is 399. The third-order valence-corrected chi connectivity index (χ3v) is 2.55. The summed E-state index contributed by atoms with van der Waals surface area (Å²) in [6.07, 6.45) is 2.87. The highest BCUT2D eigenvalue weighted by molar-refractivity contribution is 5.87. The number of nitrogen functional groups attached to an aromatic ring is 1. The van der Waals surface area contributed by atoms with Gasteiger partial charge < -0.3 is 20.0 Å². The number of aromatic nitrogens is 2. The lowest BCUT2D eigenvalue weighted by Gasteiger charge is -2.15. The zero-order valence-corrected chi connectivity index (χ0v) is 10.9. The fraction of sp³-hybridized carbons (Fsp3) is 0.583. The molecule has 1 aliphatic heterocycles. The molecule has 1 saturated heterocycles. The quantitative estimate of drug-likeness (QED) is 0.620. The first kappa shape index (κ1) is 15.2. The van der Waals surface area contributed by atoms with Crippen molar-refractivity contribution in [2.75, 3.05) is 25.6 Å². The molecular formula is C12H19N3O4. The van der Waals surface area contributed by atoms with Crippen molar-refractivity contribution in [1.29, 1.82) is 0 Å². The third kappa shape index (κ3) is 5.52. The molecule has 0 atom stereocenters. The molecule has 106 valence electrons. The van der Waals surface area contributed by atoms with E-state index in [0.717, 1.165) is 32.3 Å². The number of anilines is 1. The maximum absolute atomic E-state index is 10.9. The molecule has 19 heavy (non-hydrogen) atoms. The summed E-state index contributed by atoms with van der Waals surface area (Å²) >= 11 is 0. The van der Waals surface area contributed by atoms with Gasteiger partial charge in [0.15, 0.2) is 0 Å². The van der Waals surface area contributed by atoms with E-state index in [-0.39, 0.29) is 17.4 Å². The second-order valence-corrected chi connectivity index (χ2v) is 4.01. The van der Waals surface area contributed by atoms with Crippen molar-refractivity contribution in [2.24, 2.45) is 5.92 Å². The van der Waals surface area contributed by atoms with E-state index in [0.29, 0.717) is 6.61 Å². The van der Waals surface area contributed by atoms with E-state index in [1.165, 1.54) is 6.07 Å². The van der Waals surface area contributed by atoms with Crippen molar-refractivity contribution >= 4 is 18.1 Å². The summed E-state index contributed by atoms with van der Waals surface area (Å²) < 4.78 is 9.72. The van der Waals surface area contributed by atoms with Crippen molar-refractivity contribution in [3.05, 3.63) is 11.8 Å². The van der Waals surface area contributed by atoms with Gasteiger partial charge in [-0.25, -0.2) is 4.79 Å². The monoisotopic (exact) mass is 269 g/mol. The van der Waals surface area contributed by atoms with Gasteiger partial charge in [0.1, 0.15) is 17.8 Å². The fourth-order valence-corrected chi connectivity index (χ4v) is 1.50. The van der Waals surface area contributed by atoms with E-state index >= 15 is 0 Å². The van der Waals surface area contributed by atoms with Crippen LogP contribution >= 0.6 is 0 Å². The maximum Gasteiger partial charge on any atom is 0.356 e. The molecule has 3 N–H and O–H groups in total. The number of aromatic amines is 1. The van der Waals surface area contributed by atoms with Crippen LogP contribution in [0.2, 0.25) is 0 Å².